The van der Waals surface area contributed by atoms with E-state index in [9.17, 15) is 14.4 Å². The number of hydrogen-bond acceptors (Lipinski definition) is 8. The van der Waals surface area contributed by atoms with Gasteiger partial charge in [0.2, 0.25) is 6.41 Å². The zero-order valence-electron chi connectivity index (χ0n) is 19.4. The van der Waals surface area contributed by atoms with Crippen molar-refractivity contribution < 1.29 is 24.0 Å². The number of amides is 2. The lowest BCUT2D eigenvalue weighted by Crippen LogP contribution is -2.50. The number of hydroxylamine groups is 2. The van der Waals surface area contributed by atoms with Gasteiger partial charge in [-0.1, -0.05) is 24.3 Å². The first-order valence-electron chi connectivity index (χ1n) is 10.9. The van der Waals surface area contributed by atoms with E-state index in [0.717, 1.165) is 15.7 Å². The molecule has 1 aliphatic heterocycles. The van der Waals surface area contributed by atoms with E-state index in [2.05, 4.69) is 10.3 Å². The van der Waals surface area contributed by atoms with Gasteiger partial charge in [-0.25, -0.2) is 14.8 Å². The topological polar surface area (TPSA) is 97.8 Å². The van der Waals surface area contributed by atoms with E-state index in [4.69, 9.17) is 9.57 Å². The summed E-state index contributed by atoms with van der Waals surface area (Å²) < 4.78 is 5.77. The van der Waals surface area contributed by atoms with E-state index in [0.29, 0.717) is 30.1 Å². The van der Waals surface area contributed by atoms with E-state index in [1.54, 1.807) is 30.1 Å². The minimum Gasteiger partial charge on any atom is -0.425 e. The largest absolute Gasteiger partial charge is 0.425 e. The number of carbonyl (C=O) groups is 3. The molecule has 0 radical (unpaired) electrons. The third kappa shape index (κ3) is 6.97. The molecule has 1 fully saturated rings. The van der Waals surface area contributed by atoms with Gasteiger partial charge in [0.1, 0.15) is 11.8 Å². The Hall–Kier alpha value is -2.56. The van der Waals surface area contributed by atoms with Crippen LogP contribution in [0.5, 0.6) is 5.75 Å². The van der Waals surface area contributed by atoms with Crippen LogP contribution < -0.4 is 10.1 Å². The average Bonchev–Trinajstić information content (AvgIpc) is 3.17. The molecule has 10 heteroatoms. The van der Waals surface area contributed by atoms with Crippen molar-refractivity contribution in [1.82, 2.24) is 15.4 Å². The number of thioether (sulfide) groups is 2. The van der Waals surface area contributed by atoms with E-state index in [-0.39, 0.29) is 6.42 Å². The number of aromatic nitrogens is 1. The maximum atomic E-state index is 13.2. The Morgan fingerprint density at radius 2 is 2.06 bits per heavy atom. The van der Waals surface area contributed by atoms with Crippen LogP contribution in [0.15, 0.2) is 53.7 Å². The van der Waals surface area contributed by atoms with Gasteiger partial charge in [-0.3, -0.25) is 14.4 Å². The molecule has 8 nitrogen and oxygen atoms in total. The molecule has 182 valence electrons. The fourth-order valence-corrected chi connectivity index (χ4v) is 4.85. The number of esters is 1. The molecular weight excluding hydrogens is 474 g/mol. The van der Waals surface area contributed by atoms with Crippen LogP contribution in [0.1, 0.15) is 32.3 Å². The van der Waals surface area contributed by atoms with Gasteiger partial charge in [0, 0.05) is 23.9 Å². The minimum absolute atomic E-state index is 0.277. The van der Waals surface area contributed by atoms with Crippen LogP contribution in [0, 0.1) is 0 Å². The van der Waals surface area contributed by atoms with Crippen LogP contribution in [0.2, 0.25) is 0 Å². The van der Waals surface area contributed by atoms with Crippen LogP contribution in [-0.2, 0) is 25.0 Å². The van der Waals surface area contributed by atoms with Crippen molar-refractivity contribution in [2.45, 2.75) is 55.2 Å². The molecule has 1 saturated heterocycles. The number of para-hydroxylation sites is 1. The molecular formula is C24H29N3O5S2. The molecule has 0 aliphatic carbocycles. The second kappa shape index (κ2) is 12.2. The van der Waals surface area contributed by atoms with Gasteiger partial charge in [-0.2, -0.15) is 11.8 Å². The predicted molar refractivity (Wildman–Crippen MR) is 132 cm³/mol. The fraction of sp³-hybridized carbons (Fsp3) is 0.417. The third-order valence-electron chi connectivity index (χ3n) is 5.18. The maximum absolute atomic E-state index is 13.2. The molecule has 1 aromatic heterocycles. The monoisotopic (exact) mass is 503 g/mol. The lowest BCUT2D eigenvalue weighted by molar-refractivity contribution is -0.208. The highest BCUT2D eigenvalue weighted by Crippen LogP contribution is 2.33. The number of carbonyl (C=O) groups excluding carboxylic acids is 3. The Bertz CT molecular complexity index is 990. The fourth-order valence-electron chi connectivity index (χ4n) is 3.53. The Morgan fingerprint density at radius 1 is 1.29 bits per heavy atom. The molecule has 2 heterocycles. The molecule has 0 spiro atoms. The summed E-state index contributed by atoms with van der Waals surface area (Å²) in [5.41, 5.74) is 0.0990. The molecule has 2 atom stereocenters. The molecule has 0 saturated carbocycles. The van der Waals surface area contributed by atoms with Crippen molar-refractivity contribution in [3.05, 3.63) is 54.2 Å². The van der Waals surface area contributed by atoms with E-state index < -0.39 is 29.6 Å². The van der Waals surface area contributed by atoms with Crippen LogP contribution in [0.25, 0.3) is 0 Å². The molecule has 2 aromatic rings. The van der Waals surface area contributed by atoms with E-state index >= 15 is 0 Å². The number of nitrogens with zero attached hydrogens (tertiary/aromatic N) is 2. The highest BCUT2D eigenvalue weighted by molar-refractivity contribution is 7.98. The molecule has 1 aromatic carbocycles. The molecule has 1 aliphatic rings. The number of benzene rings is 1. The summed E-state index contributed by atoms with van der Waals surface area (Å²) in [5.74, 6) is 0.621. The maximum Gasteiger partial charge on any atom is 0.337 e. The number of hydrogen-bond donors (Lipinski definition) is 1. The summed E-state index contributed by atoms with van der Waals surface area (Å²) in [6.07, 6.45) is 4.84. The molecule has 1 N–H and O–H groups in total. The number of pyridine rings is 1. The van der Waals surface area contributed by atoms with Gasteiger partial charge >= 0.3 is 5.97 Å². The van der Waals surface area contributed by atoms with E-state index in [1.165, 1.54) is 11.8 Å². The summed E-state index contributed by atoms with van der Waals surface area (Å²) in [5, 5.41) is 4.49. The Kier molecular flexibility index (Phi) is 9.37. The number of rotatable bonds is 11. The van der Waals surface area contributed by atoms with Crippen LogP contribution >= 0.6 is 23.5 Å². The summed E-state index contributed by atoms with van der Waals surface area (Å²) in [4.78, 5) is 47.6. The molecule has 34 heavy (non-hydrogen) atoms. The zero-order chi connectivity index (χ0) is 24.6. The average molecular weight is 504 g/mol. The van der Waals surface area contributed by atoms with Crippen molar-refractivity contribution in [3.8, 4) is 5.75 Å². The summed E-state index contributed by atoms with van der Waals surface area (Å²) in [7, 11) is 0. The molecule has 0 bridgehead atoms. The highest BCUT2D eigenvalue weighted by atomic mass is 32.2. The van der Waals surface area contributed by atoms with Gasteiger partial charge in [0.05, 0.1) is 10.6 Å². The third-order valence-corrected chi connectivity index (χ3v) is 6.81. The first-order valence-corrected chi connectivity index (χ1v) is 13.3. The number of ether oxygens (including phenoxy) is 1. The van der Waals surface area contributed by atoms with Crippen LogP contribution in [0.4, 0.5) is 0 Å². The van der Waals surface area contributed by atoms with Crippen LogP contribution in [-0.4, -0.2) is 58.0 Å². The normalized spacial score (nSPS) is 17.7. The summed E-state index contributed by atoms with van der Waals surface area (Å²) in [6.45, 7) is 3.62. The predicted octanol–water partition coefficient (Wildman–Crippen LogP) is 3.46. The summed E-state index contributed by atoms with van der Waals surface area (Å²) in [6, 6.07) is 11.3. The highest BCUT2D eigenvalue weighted by Gasteiger charge is 2.48. The Morgan fingerprint density at radius 3 is 2.76 bits per heavy atom. The van der Waals surface area contributed by atoms with E-state index in [1.807, 2.05) is 50.4 Å². The van der Waals surface area contributed by atoms with Gasteiger partial charge in [0.25, 0.3) is 5.91 Å². The SMILES string of the molecule is CSCCC(NC=O)C(=O)N1OC(C)(C)CC1C(=O)Oc1ccccc1CSc1ccccn1. The number of nitrogens with one attached hydrogen (secondary N) is 1. The van der Waals surface area contributed by atoms with Crippen LogP contribution in [0.3, 0.4) is 0 Å². The van der Waals surface area contributed by atoms with Crippen molar-refractivity contribution in [1.29, 1.82) is 0 Å². The molecule has 2 unspecified atom stereocenters. The Labute approximate surface area is 208 Å². The molecule has 3 rings (SSSR count). The van der Waals surface area contributed by atoms with Gasteiger partial charge < -0.3 is 10.1 Å². The first-order chi connectivity index (χ1) is 16.3. The van der Waals surface area contributed by atoms with Crippen molar-refractivity contribution in [3.63, 3.8) is 0 Å². The van der Waals surface area contributed by atoms with Gasteiger partial charge in [0.15, 0.2) is 6.04 Å². The quantitative estimate of drug-likeness (QED) is 0.216. The van der Waals surface area contributed by atoms with Gasteiger partial charge in [-0.05, 0) is 50.5 Å². The van der Waals surface area contributed by atoms with Crippen molar-refractivity contribution in [2.24, 2.45) is 0 Å². The van der Waals surface area contributed by atoms with Gasteiger partial charge in [-0.15, -0.1) is 11.8 Å². The lowest BCUT2D eigenvalue weighted by atomic mass is 10.0. The Balaban J connectivity index is 1.74. The second-order valence-corrected chi connectivity index (χ2v) is 10.3. The lowest BCUT2D eigenvalue weighted by Gasteiger charge is -2.26. The first kappa shape index (κ1) is 26.1. The minimum atomic E-state index is -0.927. The standard InChI is InChI=1S/C24H29N3O5S2/c1-24(2)14-19(27(32-24)22(29)18(26-16-28)11-13-33-3)23(30)31-20-9-5-4-8-17(20)15-34-21-10-6-7-12-25-21/h4-10,12,16,18-19H,11,13-15H2,1-3H3,(H,26,28). The van der Waals surface area contributed by atoms with Crippen molar-refractivity contribution >= 4 is 41.8 Å². The van der Waals surface area contributed by atoms with Crippen molar-refractivity contribution in [2.75, 3.05) is 12.0 Å². The summed E-state index contributed by atoms with van der Waals surface area (Å²) >= 11 is 3.10. The zero-order valence-corrected chi connectivity index (χ0v) is 21.1. The smallest absolute Gasteiger partial charge is 0.337 e. The molecule has 2 amide bonds. The second-order valence-electron chi connectivity index (χ2n) is 8.34.